The lowest BCUT2D eigenvalue weighted by Gasteiger charge is -2.24. The van der Waals surface area contributed by atoms with E-state index in [1.165, 1.54) is 31.3 Å². The molecule has 2 rings (SSSR count). The molecule has 1 atom stereocenters. The fraction of sp³-hybridized carbons (Fsp3) is 0.500. The maximum atomic E-state index is 12.6. The van der Waals surface area contributed by atoms with Crippen LogP contribution in [0.2, 0.25) is 0 Å². The first-order chi connectivity index (χ1) is 10.5. The number of ether oxygens (including phenoxy) is 2. The molecule has 1 heterocycles. The first-order valence-electron chi connectivity index (χ1n) is 6.87. The van der Waals surface area contributed by atoms with Crippen LogP contribution in [0.5, 0.6) is 11.5 Å². The zero-order valence-electron chi connectivity index (χ0n) is 13.2. The Bertz CT molecular complexity index is 590. The second-order valence-corrected chi connectivity index (χ2v) is 5.04. The molecule has 1 aromatic carbocycles. The lowest BCUT2D eigenvalue weighted by atomic mass is 10.1. The number of nitrogens with one attached hydrogen (secondary N) is 1. The van der Waals surface area contributed by atoms with Crippen LogP contribution in [0.3, 0.4) is 0 Å². The maximum absolute atomic E-state index is 12.6. The molecule has 1 unspecified atom stereocenters. The van der Waals surface area contributed by atoms with E-state index >= 15 is 0 Å². The summed E-state index contributed by atoms with van der Waals surface area (Å²) in [6.45, 7) is 1.51. The summed E-state index contributed by atoms with van der Waals surface area (Å²) in [6.07, 6.45) is 0.823. The van der Waals surface area contributed by atoms with Crippen molar-refractivity contribution in [2.24, 2.45) is 0 Å². The Morgan fingerprint density at radius 2 is 1.96 bits per heavy atom. The molecule has 0 aliphatic carbocycles. The number of likely N-dealkylation sites (N-methyl/N-ethyl adjacent to an activating group) is 1. The van der Waals surface area contributed by atoms with Gasteiger partial charge in [0, 0.05) is 25.7 Å². The van der Waals surface area contributed by atoms with E-state index in [1.54, 1.807) is 7.05 Å². The van der Waals surface area contributed by atoms with Crippen LogP contribution in [0.4, 0.5) is 5.69 Å². The standard InChI is InChI=1S/C14H19N3O5.ClH/c1-16(9-4-5-15-8-9)14(18)10-6-12(21-2)13(22-3)7-11(10)17(19)20;/h6-7,9,15H,4-5,8H2,1-3H3;1H. The third kappa shape index (κ3) is 3.83. The van der Waals surface area contributed by atoms with Crippen LogP contribution in [0, 0.1) is 10.1 Å². The lowest BCUT2D eigenvalue weighted by Crippen LogP contribution is -2.38. The van der Waals surface area contributed by atoms with Crippen molar-refractivity contribution in [2.75, 3.05) is 34.4 Å². The first-order valence-corrected chi connectivity index (χ1v) is 6.87. The molecule has 0 aromatic heterocycles. The minimum Gasteiger partial charge on any atom is -0.493 e. The highest BCUT2D eigenvalue weighted by atomic mass is 35.5. The van der Waals surface area contributed by atoms with Gasteiger partial charge in [-0.3, -0.25) is 14.9 Å². The molecule has 0 saturated carbocycles. The van der Waals surface area contributed by atoms with Crippen LogP contribution < -0.4 is 14.8 Å². The number of hydrogen-bond donors (Lipinski definition) is 1. The summed E-state index contributed by atoms with van der Waals surface area (Å²) in [7, 11) is 4.46. The van der Waals surface area contributed by atoms with Gasteiger partial charge in [-0.2, -0.15) is 0 Å². The molecule has 23 heavy (non-hydrogen) atoms. The Balaban J connectivity index is 0.00000264. The summed E-state index contributed by atoms with van der Waals surface area (Å²) >= 11 is 0. The van der Waals surface area contributed by atoms with Gasteiger partial charge in [0.25, 0.3) is 11.6 Å². The molecule has 1 aliphatic rings. The van der Waals surface area contributed by atoms with Crippen LogP contribution in [0.1, 0.15) is 16.8 Å². The van der Waals surface area contributed by atoms with Crippen molar-refractivity contribution in [3.05, 3.63) is 27.8 Å². The topological polar surface area (TPSA) is 93.9 Å². The number of rotatable bonds is 5. The number of carbonyl (C=O) groups excluding carboxylic acids is 1. The molecular weight excluding hydrogens is 326 g/mol. The molecule has 0 spiro atoms. The van der Waals surface area contributed by atoms with E-state index in [0.717, 1.165) is 13.0 Å². The van der Waals surface area contributed by atoms with E-state index in [0.29, 0.717) is 6.54 Å². The highest BCUT2D eigenvalue weighted by Crippen LogP contribution is 2.35. The third-order valence-electron chi connectivity index (χ3n) is 3.83. The number of benzene rings is 1. The van der Waals surface area contributed by atoms with Gasteiger partial charge in [-0.1, -0.05) is 0 Å². The summed E-state index contributed by atoms with van der Waals surface area (Å²) in [6, 6.07) is 2.60. The monoisotopic (exact) mass is 345 g/mol. The largest absolute Gasteiger partial charge is 0.493 e. The summed E-state index contributed by atoms with van der Waals surface area (Å²) < 4.78 is 10.2. The molecule has 8 nitrogen and oxygen atoms in total. The Morgan fingerprint density at radius 1 is 1.35 bits per heavy atom. The molecule has 1 amide bonds. The van der Waals surface area contributed by atoms with Gasteiger partial charge < -0.3 is 19.7 Å². The van der Waals surface area contributed by atoms with E-state index in [-0.39, 0.29) is 41.2 Å². The SMILES string of the molecule is COc1cc(C(=O)N(C)C2CCNC2)c([N+](=O)[O-])cc1OC.Cl. The van der Waals surface area contributed by atoms with Crippen molar-refractivity contribution in [2.45, 2.75) is 12.5 Å². The number of nitro benzene ring substituents is 1. The molecule has 1 saturated heterocycles. The summed E-state index contributed by atoms with van der Waals surface area (Å²) in [5, 5.41) is 14.4. The van der Waals surface area contributed by atoms with Gasteiger partial charge in [0.2, 0.25) is 0 Å². The Hall–Kier alpha value is -2.06. The second-order valence-electron chi connectivity index (χ2n) is 5.04. The Labute approximate surface area is 140 Å². The van der Waals surface area contributed by atoms with Crippen molar-refractivity contribution in [3.8, 4) is 11.5 Å². The average Bonchev–Trinajstić information content (AvgIpc) is 3.06. The molecule has 1 N–H and O–H groups in total. The van der Waals surface area contributed by atoms with Gasteiger partial charge in [-0.25, -0.2) is 0 Å². The maximum Gasteiger partial charge on any atom is 0.286 e. The molecule has 1 aliphatic heterocycles. The van der Waals surface area contributed by atoms with E-state index in [9.17, 15) is 14.9 Å². The Kier molecular flexibility index (Phi) is 6.59. The van der Waals surface area contributed by atoms with Gasteiger partial charge in [-0.05, 0) is 13.0 Å². The summed E-state index contributed by atoms with van der Waals surface area (Å²) in [5.74, 6) is 0.103. The van der Waals surface area contributed by atoms with Crippen LogP contribution >= 0.6 is 12.4 Å². The number of hydrogen-bond acceptors (Lipinski definition) is 6. The lowest BCUT2D eigenvalue weighted by molar-refractivity contribution is -0.385. The van der Waals surface area contributed by atoms with E-state index in [2.05, 4.69) is 5.32 Å². The molecular formula is C14H20ClN3O5. The van der Waals surface area contributed by atoms with Crippen molar-refractivity contribution < 1.29 is 19.2 Å². The normalized spacial score (nSPS) is 16.4. The Morgan fingerprint density at radius 3 is 2.43 bits per heavy atom. The fourth-order valence-electron chi connectivity index (χ4n) is 2.52. The number of methoxy groups -OCH3 is 2. The van der Waals surface area contributed by atoms with E-state index < -0.39 is 10.8 Å². The number of nitro groups is 1. The summed E-state index contributed by atoms with van der Waals surface area (Å²) in [5.41, 5.74) is -0.294. The van der Waals surface area contributed by atoms with Crippen molar-refractivity contribution in [1.82, 2.24) is 10.2 Å². The number of halogens is 1. The predicted molar refractivity (Wildman–Crippen MR) is 86.8 cm³/mol. The van der Waals surface area contributed by atoms with Crippen LogP contribution in [0.15, 0.2) is 12.1 Å². The van der Waals surface area contributed by atoms with Crippen molar-refractivity contribution in [1.29, 1.82) is 0 Å². The average molecular weight is 346 g/mol. The van der Waals surface area contributed by atoms with E-state index in [1.807, 2.05) is 0 Å². The van der Waals surface area contributed by atoms with Crippen molar-refractivity contribution >= 4 is 24.0 Å². The van der Waals surface area contributed by atoms with Crippen LogP contribution in [-0.4, -0.2) is 56.1 Å². The number of amides is 1. The molecule has 1 aromatic rings. The molecule has 0 radical (unpaired) electrons. The molecule has 128 valence electrons. The zero-order chi connectivity index (χ0) is 16.3. The van der Waals surface area contributed by atoms with Gasteiger partial charge in [-0.15, -0.1) is 12.4 Å². The highest BCUT2D eigenvalue weighted by molar-refractivity contribution is 5.99. The first kappa shape index (κ1) is 19.0. The van der Waals surface area contributed by atoms with Gasteiger partial charge in [0.05, 0.1) is 25.2 Å². The van der Waals surface area contributed by atoms with Gasteiger partial charge in [0.15, 0.2) is 11.5 Å². The molecule has 0 bridgehead atoms. The highest BCUT2D eigenvalue weighted by Gasteiger charge is 2.30. The second kappa shape index (κ2) is 7.98. The smallest absolute Gasteiger partial charge is 0.286 e. The third-order valence-corrected chi connectivity index (χ3v) is 3.83. The van der Waals surface area contributed by atoms with E-state index in [4.69, 9.17) is 9.47 Å². The zero-order valence-corrected chi connectivity index (χ0v) is 14.0. The quantitative estimate of drug-likeness (QED) is 0.641. The number of nitrogens with zero attached hydrogens (tertiary/aromatic N) is 2. The molecule has 9 heteroatoms. The van der Waals surface area contributed by atoms with Crippen LogP contribution in [-0.2, 0) is 0 Å². The minimum absolute atomic E-state index is 0. The van der Waals surface area contributed by atoms with Gasteiger partial charge in [0.1, 0.15) is 5.56 Å². The predicted octanol–water partition coefficient (Wildman–Crippen LogP) is 1.47. The van der Waals surface area contributed by atoms with Crippen molar-refractivity contribution in [3.63, 3.8) is 0 Å². The van der Waals surface area contributed by atoms with Crippen LogP contribution in [0.25, 0.3) is 0 Å². The minimum atomic E-state index is -0.587. The fourth-order valence-corrected chi connectivity index (χ4v) is 2.52. The number of carbonyl (C=O) groups is 1. The van der Waals surface area contributed by atoms with Gasteiger partial charge >= 0.3 is 0 Å². The summed E-state index contributed by atoms with van der Waals surface area (Å²) in [4.78, 5) is 24.8. The molecule has 1 fully saturated rings.